The molecule has 38 heavy (non-hydrogen) atoms. The smallest absolute Gasteiger partial charge is 0.148 e. The Balaban J connectivity index is 1.47. The molecule has 0 amide bonds. The summed E-state index contributed by atoms with van der Waals surface area (Å²) in [4.78, 5) is 15.9. The van der Waals surface area contributed by atoms with E-state index in [2.05, 4.69) is 59.2 Å². The van der Waals surface area contributed by atoms with E-state index in [1.165, 1.54) is 41.7 Å². The summed E-state index contributed by atoms with van der Waals surface area (Å²) in [5.74, 6) is 8.20. The van der Waals surface area contributed by atoms with E-state index < -0.39 is 5.41 Å². The van der Waals surface area contributed by atoms with E-state index in [1.54, 1.807) is 12.5 Å². The average molecular weight is 511 g/mol. The van der Waals surface area contributed by atoms with Gasteiger partial charge >= 0.3 is 0 Å². The summed E-state index contributed by atoms with van der Waals surface area (Å²) in [6.45, 7) is 8.39. The van der Waals surface area contributed by atoms with Crippen molar-refractivity contribution in [2.75, 3.05) is 18.0 Å². The first kappa shape index (κ1) is 25.5. The second-order valence-electron chi connectivity index (χ2n) is 12.6. The van der Waals surface area contributed by atoms with Crippen LogP contribution in [0.15, 0.2) is 52.2 Å². The molecule has 5 atom stereocenters. The molecular weight excluding hydrogens is 468 g/mol. The Morgan fingerprint density at radius 3 is 2.53 bits per heavy atom. The molecule has 200 valence electrons. The van der Waals surface area contributed by atoms with Crippen molar-refractivity contribution in [3.05, 3.63) is 52.6 Å². The number of oxime groups is 1. The summed E-state index contributed by atoms with van der Waals surface area (Å²) in [7, 11) is 0. The zero-order valence-corrected chi connectivity index (χ0v) is 23.4. The molecule has 5 aliphatic rings. The minimum absolute atomic E-state index is 0.139. The fourth-order valence-electron chi connectivity index (χ4n) is 9.23. The highest BCUT2D eigenvalue weighted by molar-refractivity contribution is 5.97. The van der Waals surface area contributed by atoms with Crippen LogP contribution in [-0.4, -0.2) is 29.8 Å². The molecule has 0 radical (unpaired) electrons. The van der Waals surface area contributed by atoms with E-state index in [0.29, 0.717) is 17.8 Å². The maximum absolute atomic E-state index is 13.4. The van der Waals surface area contributed by atoms with Crippen LogP contribution in [0.5, 0.6) is 0 Å². The lowest BCUT2D eigenvalue weighted by Gasteiger charge is -2.54. The van der Waals surface area contributed by atoms with E-state index >= 15 is 0 Å². The maximum atomic E-state index is 13.4. The van der Waals surface area contributed by atoms with E-state index in [9.17, 15) is 10.0 Å². The van der Waals surface area contributed by atoms with E-state index in [-0.39, 0.29) is 11.2 Å². The van der Waals surface area contributed by atoms with Gasteiger partial charge < -0.3 is 10.1 Å². The first-order chi connectivity index (χ1) is 18.4. The molecule has 1 aliphatic heterocycles. The topological polar surface area (TPSA) is 52.9 Å². The zero-order chi connectivity index (χ0) is 26.5. The molecule has 0 aromatic heterocycles. The van der Waals surface area contributed by atoms with Gasteiger partial charge in [-0.25, -0.2) is 0 Å². The minimum Gasteiger partial charge on any atom is -0.411 e. The number of carbonyl (C=O) groups is 1. The normalized spacial score (nSPS) is 35.6. The van der Waals surface area contributed by atoms with Gasteiger partial charge in [0, 0.05) is 24.7 Å². The summed E-state index contributed by atoms with van der Waals surface area (Å²) in [6, 6.07) is 9.43. The van der Waals surface area contributed by atoms with Gasteiger partial charge in [0.25, 0.3) is 0 Å². The summed E-state index contributed by atoms with van der Waals surface area (Å²) in [6.07, 6.45) is 12.9. The van der Waals surface area contributed by atoms with E-state index in [4.69, 9.17) is 0 Å². The Hall–Kier alpha value is -2.80. The number of piperidine rings is 1. The lowest BCUT2D eigenvalue weighted by Crippen LogP contribution is -2.50. The first-order valence-electron chi connectivity index (χ1n) is 14.9. The van der Waals surface area contributed by atoms with Gasteiger partial charge in [0.1, 0.15) is 5.78 Å². The molecular formula is C34H42N2O2. The van der Waals surface area contributed by atoms with Gasteiger partial charge in [-0.05, 0) is 130 Å². The van der Waals surface area contributed by atoms with Crippen LogP contribution in [0.3, 0.4) is 0 Å². The third-order valence-electron chi connectivity index (χ3n) is 11.0. The van der Waals surface area contributed by atoms with Crippen molar-refractivity contribution in [2.45, 2.75) is 90.9 Å². The number of rotatable bonds is 3. The van der Waals surface area contributed by atoms with Crippen LogP contribution in [0.2, 0.25) is 0 Å². The lowest BCUT2D eigenvalue weighted by molar-refractivity contribution is -0.130. The number of anilines is 1. The van der Waals surface area contributed by atoms with Crippen molar-refractivity contribution < 1.29 is 10.0 Å². The standard InChI is InChI=1S/C34H42N2O2/c1-4-17-34(23(2)37)18-16-31-29-14-10-25-21-26(35-38)11-15-28(25)32(29)30(22-33(31,34)3)24-8-12-27(13-9-24)36-19-6-5-7-20-36/h8-9,12-13,21,29-31,38H,5-7,10-11,14-16,18-20,22H2,1-3H3/b35-26+/t29-,30+,31-,33-,34+/m0/s1. The first-order valence-corrected chi connectivity index (χ1v) is 14.9. The number of nitrogens with zero attached hydrogens (tertiary/aromatic N) is 2. The Labute approximate surface area is 228 Å². The lowest BCUT2D eigenvalue weighted by atomic mass is 9.48. The van der Waals surface area contributed by atoms with Crippen molar-refractivity contribution in [2.24, 2.45) is 27.8 Å². The summed E-state index contributed by atoms with van der Waals surface area (Å²) in [5, 5.41) is 13.0. The molecule has 4 heteroatoms. The number of hydrogen-bond acceptors (Lipinski definition) is 4. The van der Waals surface area contributed by atoms with Crippen molar-refractivity contribution in [1.29, 1.82) is 0 Å². The number of hydrogen-bond donors (Lipinski definition) is 1. The fourth-order valence-corrected chi connectivity index (χ4v) is 9.23. The number of fused-ring (bicyclic) bond motifs is 4. The molecule has 0 unspecified atom stereocenters. The predicted molar refractivity (Wildman–Crippen MR) is 154 cm³/mol. The molecule has 1 heterocycles. The van der Waals surface area contributed by atoms with Gasteiger partial charge in [0.05, 0.1) is 11.1 Å². The van der Waals surface area contributed by atoms with Crippen LogP contribution >= 0.6 is 0 Å². The molecule has 3 fully saturated rings. The van der Waals surface area contributed by atoms with Crippen LogP contribution in [-0.2, 0) is 4.79 Å². The Kier molecular flexibility index (Phi) is 6.53. The number of allylic oxidation sites excluding steroid dienone is 4. The summed E-state index contributed by atoms with van der Waals surface area (Å²) >= 11 is 0. The van der Waals surface area contributed by atoms with Gasteiger partial charge in [-0.2, -0.15) is 0 Å². The largest absolute Gasteiger partial charge is 0.411 e. The van der Waals surface area contributed by atoms with Crippen molar-refractivity contribution in [3.8, 4) is 11.8 Å². The number of carbonyl (C=O) groups excluding carboxylic acids is 1. The molecule has 1 saturated heterocycles. The van der Waals surface area contributed by atoms with Crippen molar-refractivity contribution in [3.63, 3.8) is 0 Å². The van der Waals surface area contributed by atoms with Gasteiger partial charge in [-0.1, -0.05) is 35.7 Å². The third-order valence-corrected chi connectivity index (χ3v) is 11.0. The number of benzene rings is 1. The second kappa shape index (κ2) is 9.74. The van der Waals surface area contributed by atoms with Crippen molar-refractivity contribution >= 4 is 17.2 Å². The van der Waals surface area contributed by atoms with Crippen LogP contribution in [0.25, 0.3) is 0 Å². The maximum Gasteiger partial charge on any atom is 0.148 e. The molecule has 0 bridgehead atoms. The van der Waals surface area contributed by atoms with Crippen LogP contribution in [0.1, 0.15) is 96.5 Å². The third kappa shape index (κ3) is 3.80. The Morgan fingerprint density at radius 1 is 1.08 bits per heavy atom. The van der Waals surface area contributed by atoms with Gasteiger partial charge in [-0.3, -0.25) is 4.79 Å². The van der Waals surface area contributed by atoms with Crippen LogP contribution < -0.4 is 4.90 Å². The fraction of sp³-hybridized carbons (Fsp3) is 0.588. The SMILES string of the molecule is CC#C[C@]1(C(C)=O)CC[C@H]2[C@@H]3CCC4=C/C(=N/O)CCC4=C3[C@@H](c3ccc(N4CCCCC4)cc3)C[C@@]21C. The Bertz CT molecular complexity index is 1270. The molecule has 1 aromatic rings. The van der Waals surface area contributed by atoms with Crippen LogP contribution in [0.4, 0.5) is 5.69 Å². The summed E-state index contributed by atoms with van der Waals surface area (Å²) in [5.41, 5.74) is 7.35. The van der Waals surface area contributed by atoms with Gasteiger partial charge in [0.15, 0.2) is 0 Å². The monoisotopic (exact) mass is 510 g/mol. The van der Waals surface area contributed by atoms with E-state index in [1.807, 2.05) is 6.92 Å². The van der Waals surface area contributed by atoms with Crippen LogP contribution in [0, 0.1) is 34.5 Å². The second-order valence-corrected chi connectivity index (χ2v) is 12.6. The quantitative estimate of drug-likeness (QED) is 0.261. The molecule has 6 rings (SSSR count). The van der Waals surface area contributed by atoms with Gasteiger partial charge in [-0.15, -0.1) is 5.92 Å². The molecule has 1 N–H and O–H groups in total. The zero-order valence-electron chi connectivity index (χ0n) is 23.4. The minimum atomic E-state index is -0.548. The summed E-state index contributed by atoms with van der Waals surface area (Å²) < 4.78 is 0. The number of ketones is 1. The molecule has 1 aromatic carbocycles. The van der Waals surface area contributed by atoms with Crippen molar-refractivity contribution in [1.82, 2.24) is 0 Å². The van der Waals surface area contributed by atoms with E-state index in [0.717, 1.165) is 63.7 Å². The average Bonchev–Trinajstić information content (AvgIpc) is 3.25. The molecule has 0 spiro atoms. The molecule has 2 saturated carbocycles. The highest BCUT2D eigenvalue weighted by Crippen LogP contribution is 2.69. The molecule has 4 nitrogen and oxygen atoms in total. The van der Waals surface area contributed by atoms with Gasteiger partial charge in [0.2, 0.25) is 0 Å². The number of Topliss-reactive ketones (excluding diaryl/α,β-unsaturated/α-hetero) is 1. The highest BCUT2D eigenvalue weighted by atomic mass is 16.4. The predicted octanol–water partition coefficient (Wildman–Crippen LogP) is 7.44. The molecule has 4 aliphatic carbocycles. The Morgan fingerprint density at radius 2 is 1.84 bits per heavy atom. The highest BCUT2D eigenvalue weighted by Gasteiger charge is 2.64.